The Labute approximate surface area is 183 Å². The van der Waals surface area contributed by atoms with Crippen LogP contribution in [-0.4, -0.2) is 42.4 Å². The molecule has 0 radical (unpaired) electrons. The van der Waals surface area contributed by atoms with Gasteiger partial charge < -0.3 is 24.5 Å². The van der Waals surface area contributed by atoms with Crippen LogP contribution in [-0.2, 0) is 27.2 Å². The maximum Gasteiger partial charge on any atom is 0.240 e. The number of hydrogen-bond acceptors (Lipinski definition) is 5. The van der Waals surface area contributed by atoms with E-state index in [1.807, 2.05) is 51.1 Å². The molecule has 6 nitrogen and oxygen atoms in total. The molecule has 2 aromatic carbocycles. The summed E-state index contributed by atoms with van der Waals surface area (Å²) in [5, 5.41) is 2.24. The summed E-state index contributed by atoms with van der Waals surface area (Å²) in [7, 11) is 0. The van der Waals surface area contributed by atoms with E-state index in [0.29, 0.717) is 31.9 Å². The average molecular weight is 425 g/mol. The van der Waals surface area contributed by atoms with E-state index >= 15 is 0 Å². The van der Waals surface area contributed by atoms with Crippen molar-refractivity contribution in [1.29, 1.82) is 0 Å². The van der Waals surface area contributed by atoms with E-state index in [2.05, 4.69) is 18.2 Å². The summed E-state index contributed by atoms with van der Waals surface area (Å²) in [6, 6.07) is 16.9. The van der Waals surface area contributed by atoms with Gasteiger partial charge >= 0.3 is 0 Å². The van der Waals surface area contributed by atoms with Crippen molar-refractivity contribution in [1.82, 2.24) is 4.90 Å². The first-order valence-corrected chi connectivity index (χ1v) is 10.8. The normalized spacial score (nSPS) is 13.5. The zero-order chi connectivity index (χ0) is 22.2. The number of benzene rings is 2. The van der Waals surface area contributed by atoms with Crippen LogP contribution in [0.25, 0.3) is 10.8 Å². The third-order valence-corrected chi connectivity index (χ3v) is 5.37. The van der Waals surface area contributed by atoms with Gasteiger partial charge in [0.25, 0.3) is 0 Å². The third-order valence-electron chi connectivity index (χ3n) is 5.37. The van der Waals surface area contributed by atoms with Gasteiger partial charge in [0, 0.05) is 26.2 Å². The van der Waals surface area contributed by atoms with Crippen LogP contribution in [0.1, 0.15) is 32.1 Å². The number of carbonyl (C=O) groups excluding carboxylic acids is 1. The number of hydrogen-bond donors (Lipinski definition) is 1. The number of carbonyl (C=O) groups is 1. The highest BCUT2D eigenvalue weighted by Crippen LogP contribution is 2.23. The lowest BCUT2D eigenvalue weighted by molar-refractivity contribution is -0.179. The Kier molecular flexibility index (Phi) is 8.23. The van der Waals surface area contributed by atoms with Crippen molar-refractivity contribution in [2.45, 2.75) is 52.1 Å². The van der Waals surface area contributed by atoms with Gasteiger partial charge in [-0.15, -0.1) is 0 Å². The van der Waals surface area contributed by atoms with Crippen LogP contribution in [0.4, 0.5) is 0 Å². The van der Waals surface area contributed by atoms with Crippen molar-refractivity contribution in [3.05, 3.63) is 72.2 Å². The van der Waals surface area contributed by atoms with Gasteiger partial charge in [0.1, 0.15) is 5.76 Å². The Morgan fingerprint density at radius 2 is 1.74 bits per heavy atom. The van der Waals surface area contributed by atoms with Crippen LogP contribution in [0.2, 0.25) is 0 Å². The second-order valence-corrected chi connectivity index (χ2v) is 7.51. The first-order chi connectivity index (χ1) is 15.0. The van der Waals surface area contributed by atoms with Gasteiger partial charge in [0.15, 0.2) is 6.29 Å². The molecular weight excluding hydrogens is 392 g/mol. The molecule has 166 valence electrons. The van der Waals surface area contributed by atoms with E-state index < -0.39 is 12.3 Å². The van der Waals surface area contributed by atoms with Crippen LogP contribution in [0.5, 0.6) is 0 Å². The summed E-state index contributed by atoms with van der Waals surface area (Å²) in [4.78, 5) is 15.3. The minimum absolute atomic E-state index is 0.166. The monoisotopic (exact) mass is 424 g/mol. The van der Waals surface area contributed by atoms with Crippen molar-refractivity contribution in [3.63, 3.8) is 0 Å². The van der Waals surface area contributed by atoms with Crippen LogP contribution < -0.4 is 5.73 Å². The van der Waals surface area contributed by atoms with Crippen LogP contribution in [0.3, 0.4) is 0 Å². The minimum atomic E-state index is -0.729. The molecule has 3 rings (SSSR count). The number of furan rings is 1. The molecule has 0 bridgehead atoms. The molecule has 6 heteroatoms. The average Bonchev–Trinajstić information content (AvgIpc) is 3.29. The van der Waals surface area contributed by atoms with Gasteiger partial charge in [-0.25, -0.2) is 0 Å². The molecular formula is C25H32N2O4. The standard InChI is InChI=1S/C25H32N2O4/c1-4-29-25(30-5-2)18(3)27(24(28)23(26)16-21-13-9-15-31-21)17-20-12-8-11-19-10-6-7-14-22(19)20/h6-15,18,23,25H,4-5,16-17,26H2,1-3H3. The van der Waals surface area contributed by atoms with E-state index in [1.54, 1.807) is 17.2 Å². The van der Waals surface area contributed by atoms with Crippen molar-refractivity contribution in [2.75, 3.05) is 13.2 Å². The Morgan fingerprint density at radius 3 is 2.42 bits per heavy atom. The molecule has 0 spiro atoms. The Bertz CT molecular complexity index is 946. The summed E-state index contributed by atoms with van der Waals surface area (Å²) in [5.41, 5.74) is 7.38. The van der Waals surface area contributed by atoms with Gasteiger partial charge in [-0.2, -0.15) is 0 Å². The molecule has 2 unspecified atom stereocenters. The van der Waals surface area contributed by atoms with E-state index in [4.69, 9.17) is 19.6 Å². The van der Waals surface area contributed by atoms with Gasteiger partial charge in [-0.3, -0.25) is 4.79 Å². The topological polar surface area (TPSA) is 77.9 Å². The summed E-state index contributed by atoms with van der Waals surface area (Å²) >= 11 is 0. The highest BCUT2D eigenvalue weighted by molar-refractivity contribution is 5.87. The molecule has 1 heterocycles. The summed E-state index contributed by atoms with van der Waals surface area (Å²) in [6.45, 7) is 7.16. The molecule has 0 aliphatic heterocycles. The fourth-order valence-electron chi connectivity index (χ4n) is 3.78. The van der Waals surface area contributed by atoms with E-state index in [0.717, 1.165) is 16.3 Å². The largest absolute Gasteiger partial charge is 0.469 e. The number of fused-ring (bicyclic) bond motifs is 1. The van der Waals surface area contributed by atoms with Crippen molar-refractivity contribution < 1.29 is 18.7 Å². The number of amides is 1. The fraction of sp³-hybridized carbons (Fsp3) is 0.400. The van der Waals surface area contributed by atoms with Crippen molar-refractivity contribution >= 4 is 16.7 Å². The molecule has 2 atom stereocenters. The van der Waals surface area contributed by atoms with E-state index in [9.17, 15) is 4.79 Å². The van der Waals surface area contributed by atoms with Crippen LogP contribution >= 0.6 is 0 Å². The van der Waals surface area contributed by atoms with E-state index in [-0.39, 0.29) is 11.9 Å². The lowest BCUT2D eigenvalue weighted by Gasteiger charge is -2.36. The molecule has 2 N–H and O–H groups in total. The quantitative estimate of drug-likeness (QED) is 0.469. The Morgan fingerprint density at radius 1 is 1.03 bits per heavy atom. The van der Waals surface area contributed by atoms with Gasteiger partial charge in [0.2, 0.25) is 5.91 Å². The Hall–Kier alpha value is -2.67. The lowest BCUT2D eigenvalue weighted by Crippen LogP contribution is -2.52. The third kappa shape index (κ3) is 5.73. The number of nitrogens with zero attached hydrogens (tertiary/aromatic N) is 1. The smallest absolute Gasteiger partial charge is 0.240 e. The molecule has 1 aromatic heterocycles. The first-order valence-electron chi connectivity index (χ1n) is 10.8. The maximum absolute atomic E-state index is 13.5. The molecule has 0 aliphatic carbocycles. The maximum atomic E-state index is 13.5. The van der Waals surface area contributed by atoms with Crippen molar-refractivity contribution in [3.8, 4) is 0 Å². The van der Waals surface area contributed by atoms with Crippen LogP contribution in [0.15, 0.2) is 65.3 Å². The minimum Gasteiger partial charge on any atom is -0.469 e. The second-order valence-electron chi connectivity index (χ2n) is 7.51. The molecule has 1 amide bonds. The fourth-order valence-corrected chi connectivity index (χ4v) is 3.78. The highest BCUT2D eigenvalue weighted by Gasteiger charge is 2.32. The van der Waals surface area contributed by atoms with Crippen molar-refractivity contribution in [2.24, 2.45) is 5.73 Å². The lowest BCUT2D eigenvalue weighted by atomic mass is 10.0. The molecule has 0 saturated heterocycles. The molecule has 3 aromatic rings. The number of rotatable bonds is 11. The predicted octanol–water partition coefficient (Wildman–Crippen LogP) is 4.12. The molecule has 0 saturated carbocycles. The SMILES string of the molecule is CCOC(OCC)C(C)N(Cc1cccc2ccccc12)C(=O)C(N)Cc1ccco1. The van der Waals surface area contributed by atoms with Gasteiger partial charge in [-0.05, 0) is 49.2 Å². The predicted molar refractivity (Wildman–Crippen MR) is 121 cm³/mol. The zero-order valence-electron chi connectivity index (χ0n) is 18.5. The highest BCUT2D eigenvalue weighted by atomic mass is 16.7. The van der Waals surface area contributed by atoms with Gasteiger partial charge in [-0.1, -0.05) is 42.5 Å². The summed E-state index contributed by atoms with van der Waals surface area (Å²) in [5.74, 6) is 0.519. The zero-order valence-corrected chi connectivity index (χ0v) is 18.5. The van der Waals surface area contributed by atoms with E-state index in [1.165, 1.54) is 0 Å². The first kappa shape index (κ1) is 23.0. The Balaban J connectivity index is 1.91. The number of ether oxygens (including phenoxy) is 2. The summed E-state index contributed by atoms with van der Waals surface area (Å²) in [6.07, 6.45) is 1.38. The number of nitrogens with two attached hydrogens (primary N) is 1. The van der Waals surface area contributed by atoms with Crippen LogP contribution in [0, 0.1) is 0 Å². The second kappa shape index (κ2) is 11.1. The van der Waals surface area contributed by atoms with Gasteiger partial charge in [0.05, 0.1) is 18.3 Å². The molecule has 0 aliphatic rings. The summed E-state index contributed by atoms with van der Waals surface area (Å²) < 4.78 is 17.0. The molecule has 0 fully saturated rings. The molecule has 31 heavy (non-hydrogen) atoms.